The van der Waals surface area contributed by atoms with Gasteiger partial charge in [0.15, 0.2) is 0 Å². The molecule has 1 saturated heterocycles. The summed E-state index contributed by atoms with van der Waals surface area (Å²) in [4.78, 5) is 14.9. The van der Waals surface area contributed by atoms with Crippen molar-refractivity contribution >= 4 is 5.91 Å². The first kappa shape index (κ1) is 14.8. The quantitative estimate of drug-likeness (QED) is 0.744. The molecule has 0 spiro atoms. The van der Waals surface area contributed by atoms with Gasteiger partial charge in [-0.05, 0) is 49.2 Å². The van der Waals surface area contributed by atoms with Crippen LogP contribution in [0.4, 0.5) is 0 Å². The Morgan fingerprint density at radius 2 is 1.92 bits per heavy atom. The zero-order valence-corrected chi connectivity index (χ0v) is 13.7. The number of benzene rings is 1. The Bertz CT molecular complexity index is 833. The molecule has 1 aliphatic heterocycles. The maximum absolute atomic E-state index is 12.9. The van der Waals surface area contributed by atoms with E-state index in [1.165, 1.54) is 0 Å². The van der Waals surface area contributed by atoms with Gasteiger partial charge < -0.3 is 9.47 Å². The molecule has 3 heterocycles. The molecule has 1 atom stereocenters. The molecule has 24 heavy (non-hydrogen) atoms. The van der Waals surface area contributed by atoms with Gasteiger partial charge in [0, 0.05) is 49.0 Å². The van der Waals surface area contributed by atoms with Crippen molar-refractivity contribution in [2.45, 2.75) is 18.9 Å². The van der Waals surface area contributed by atoms with Crippen LogP contribution in [0.3, 0.4) is 0 Å². The van der Waals surface area contributed by atoms with Crippen molar-refractivity contribution in [3.63, 3.8) is 0 Å². The van der Waals surface area contributed by atoms with Crippen LogP contribution in [0.5, 0.6) is 0 Å². The summed E-state index contributed by atoms with van der Waals surface area (Å²) in [6.07, 6.45) is 9.90. The van der Waals surface area contributed by atoms with E-state index >= 15 is 0 Å². The van der Waals surface area contributed by atoms with Gasteiger partial charge in [0.1, 0.15) is 0 Å². The number of likely N-dealkylation sites (tertiary alicyclic amines) is 1. The molecule has 1 amide bonds. The van der Waals surface area contributed by atoms with Crippen LogP contribution in [-0.2, 0) is 7.05 Å². The van der Waals surface area contributed by atoms with Crippen LogP contribution in [0, 0.1) is 0 Å². The van der Waals surface area contributed by atoms with Gasteiger partial charge in [-0.25, -0.2) is 0 Å². The van der Waals surface area contributed by atoms with Crippen molar-refractivity contribution < 1.29 is 4.79 Å². The Morgan fingerprint density at radius 3 is 2.58 bits per heavy atom. The third kappa shape index (κ3) is 2.62. The first-order valence-electron chi connectivity index (χ1n) is 8.25. The topological polar surface area (TPSA) is 43.1 Å². The summed E-state index contributed by atoms with van der Waals surface area (Å²) in [7, 11) is 1.91. The Labute approximate surface area is 141 Å². The molecule has 2 aromatic heterocycles. The van der Waals surface area contributed by atoms with E-state index in [1.54, 1.807) is 4.68 Å². The molecule has 0 bridgehead atoms. The number of rotatable bonds is 3. The second-order valence-electron chi connectivity index (χ2n) is 6.24. The summed E-state index contributed by atoms with van der Waals surface area (Å²) >= 11 is 0. The smallest absolute Gasteiger partial charge is 0.254 e. The largest absolute Gasteiger partial charge is 0.331 e. The highest BCUT2D eigenvalue weighted by atomic mass is 16.2. The lowest BCUT2D eigenvalue weighted by Gasteiger charge is -2.24. The van der Waals surface area contributed by atoms with Crippen LogP contribution in [0.15, 0.2) is 61.2 Å². The minimum absolute atomic E-state index is 0.0976. The van der Waals surface area contributed by atoms with E-state index in [9.17, 15) is 4.79 Å². The van der Waals surface area contributed by atoms with Gasteiger partial charge in [-0.15, -0.1) is 0 Å². The number of carbonyl (C=O) groups excluding carboxylic acids is 1. The lowest BCUT2D eigenvalue weighted by molar-refractivity contribution is 0.0735. The van der Waals surface area contributed by atoms with Crippen LogP contribution >= 0.6 is 0 Å². The van der Waals surface area contributed by atoms with E-state index < -0.39 is 0 Å². The second kappa shape index (κ2) is 6.00. The fourth-order valence-corrected chi connectivity index (χ4v) is 3.42. The summed E-state index contributed by atoms with van der Waals surface area (Å²) in [5.41, 5.74) is 2.91. The Hall–Kier alpha value is -2.82. The molecule has 122 valence electrons. The molecule has 1 aromatic carbocycles. The molecule has 0 saturated carbocycles. The summed E-state index contributed by atoms with van der Waals surface area (Å²) < 4.78 is 3.82. The predicted molar refractivity (Wildman–Crippen MR) is 92.0 cm³/mol. The number of aromatic nitrogens is 3. The summed E-state index contributed by atoms with van der Waals surface area (Å²) in [5.74, 6) is 0.0976. The van der Waals surface area contributed by atoms with Crippen LogP contribution in [-0.4, -0.2) is 31.7 Å². The lowest BCUT2D eigenvalue weighted by Crippen LogP contribution is -2.30. The monoisotopic (exact) mass is 320 g/mol. The zero-order chi connectivity index (χ0) is 16.5. The molecule has 0 unspecified atom stereocenters. The highest BCUT2D eigenvalue weighted by molar-refractivity contribution is 5.94. The van der Waals surface area contributed by atoms with Crippen molar-refractivity contribution in [1.82, 2.24) is 19.2 Å². The predicted octanol–water partition coefficient (Wildman–Crippen LogP) is 3.19. The van der Waals surface area contributed by atoms with Crippen molar-refractivity contribution in [1.29, 1.82) is 0 Å². The third-order valence-electron chi connectivity index (χ3n) is 4.64. The maximum atomic E-state index is 12.9. The molecule has 1 fully saturated rings. The van der Waals surface area contributed by atoms with Gasteiger partial charge in [-0.3, -0.25) is 9.48 Å². The molecule has 0 N–H and O–H groups in total. The van der Waals surface area contributed by atoms with Gasteiger partial charge in [-0.1, -0.05) is 0 Å². The van der Waals surface area contributed by atoms with Gasteiger partial charge in [0.2, 0.25) is 0 Å². The molecular formula is C19H20N4O. The summed E-state index contributed by atoms with van der Waals surface area (Å²) in [5, 5.41) is 4.24. The molecule has 5 nitrogen and oxygen atoms in total. The van der Waals surface area contributed by atoms with Crippen LogP contribution < -0.4 is 0 Å². The van der Waals surface area contributed by atoms with Gasteiger partial charge in [0.25, 0.3) is 5.91 Å². The Balaban J connectivity index is 1.56. The minimum atomic E-state index is 0.0976. The van der Waals surface area contributed by atoms with E-state index in [1.807, 2.05) is 77.7 Å². The zero-order valence-electron chi connectivity index (χ0n) is 13.7. The van der Waals surface area contributed by atoms with E-state index in [-0.39, 0.29) is 11.9 Å². The van der Waals surface area contributed by atoms with Crippen molar-refractivity contribution in [2.24, 2.45) is 7.05 Å². The van der Waals surface area contributed by atoms with Crippen LogP contribution in [0.25, 0.3) is 5.69 Å². The minimum Gasteiger partial charge on any atom is -0.331 e. The average molecular weight is 320 g/mol. The van der Waals surface area contributed by atoms with E-state index in [0.717, 1.165) is 36.2 Å². The molecule has 5 heteroatoms. The Morgan fingerprint density at radius 1 is 1.17 bits per heavy atom. The van der Waals surface area contributed by atoms with Crippen LogP contribution in [0.2, 0.25) is 0 Å². The standard InChI is InChI=1S/C19H20N4O/c1-21-14-16(13-20-21)18-5-4-12-23(18)19(24)15-6-8-17(9-7-15)22-10-2-3-11-22/h2-3,6-11,13-14,18H,4-5,12H2,1H3/t18-/m1/s1. The molecule has 3 aromatic rings. The first-order valence-corrected chi connectivity index (χ1v) is 8.25. The molecule has 0 aliphatic carbocycles. The number of nitrogens with zero attached hydrogens (tertiary/aromatic N) is 4. The van der Waals surface area contributed by atoms with Gasteiger partial charge in [-0.2, -0.15) is 5.10 Å². The lowest BCUT2D eigenvalue weighted by atomic mass is 10.1. The highest BCUT2D eigenvalue weighted by Gasteiger charge is 2.31. The van der Waals surface area contributed by atoms with Crippen LogP contribution in [0.1, 0.15) is 34.8 Å². The first-order chi connectivity index (χ1) is 11.7. The maximum Gasteiger partial charge on any atom is 0.254 e. The van der Waals surface area contributed by atoms with E-state index in [4.69, 9.17) is 0 Å². The van der Waals surface area contributed by atoms with Gasteiger partial charge in [0.05, 0.1) is 12.2 Å². The number of aryl methyl sites for hydroxylation is 1. The number of hydrogen-bond acceptors (Lipinski definition) is 2. The number of amides is 1. The average Bonchev–Trinajstić information content (AvgIpc) is 3.35. The molecule has 1 aliphatic rings. The second-order valence-corrected chi connectivity index (χ2v) is 6.24. The normalized spacial score (nSPS) is 17.4. The van der Waals surface area contributed by atoms with Crippen molar-refractivity contribution in [3.05, 3.63) is 72.3 Å². The Kier molecular flexibility index (Phi) is 3.69. The van der Waals surface area contributed by atoms with Crippen molar-refractivity contribution in [2.75, 3.05) is 6.54 Å². The van der Waals surface area contributed by atoms with Crippen molar-refractivity contribution in [3.8, 4) is 5.69 Å². The fraction of sp³-hybridized carbons (Fsp3) is 0.263. The fourth-order valence-electron chi connectivity index (χ4n) is 3.42. The number of carbonyl (C=O) groups is 1. The summed E-state index contributed by atoms with van der Waals surface area (Å²) in [6, 6.07) is 11.9. The molecule has 4 rings (SSSR count). The van der Waals surface area contributed by atoms with E-state index in [2.05, 4.69) is 5.10 Å². The SMILES string of the molecule is Cn1cc([C@H]2CCCN2C(=O)c2ccc(-n3cccc3)cc2)cn1. The third-order valence-corrected chi connectivity index (χ3v) is 4.64. The molecular weight excluding hydrogens is 300 g/mol. The van der Waals surface area contributed by atoms with Gasteiger partial charge >= 0.3 is 0 Å². The van der Waals surface area contributed by atoms with E-state index in [0.29, 0.717) is 0 Å². The number of hydrogen-bond donors (Lipinski definition) is 0. The molecule has 0 radical (unpaired) electrons. The highest BCUT2D eigenvalue weighted by Crippen LogP contribution is 2.32. The summed E-state index contributed by atoms with van der Waals surface area (Å²) in [6.45, 7) is 0.803.